The van der Waals surface area contributed by atoms with Crippen LogP contribution in [0.3, 0.4) is 0 Å². The van der Waals surface area contributed by atoms with Crippen molar-refractivity contribution in [1.82, 2.24) is 15.6 Å². The molecule has 1 aliphatic carbocycles. The Labute approximate surface area is 282 Å². The highest BCUT2D eigenvalue weighted by molar-refractivity contribution is 7.09. The summed E-state index contributed by atoms with van der Waals surface area (Å²) in [7, 11) is 4.66. The molecule has 0 radical (unpaired) electrons. The lowest BCUT2D eigenvalue weighted by Gasteiger charge is -2.20. The van der Waals surface area contributed by atoms with Gasteiger partial charge in [-0.15, -0.1) is 11.3 Å². The predicted molar refractivity (Wildman–Crippen MR) is 185 cm³/mol. The molecule has 2 amide bonds. The summed E-state index contributed by atoms with van der Waals surface area (Å²) in [4.78, 5) is 44.5. The van der Waals surface area contributed by atoms with Gasteiger partial charge in [0.15, 0.2) is 17.1 Å². The molecular formula is C37H37N3O7S. The van der Waals surface area contributed by atoms with Gasteiger partial charge in [0.25, 0.3) is 0 Å². The number of hydrogen-bond donors (Lipinski definition) is 2. The zero-order valence-electron chi connectivity index (χ0n) is 27.5. The number of aryl methyl sites for hydroxylation is 2. The number of aromatic nitrogens is 1. The maximum absolute atomic E-state index is 14.1. The van der Waals surface area contributed by atoms with Crippen molar-refractivity contribution >= 4 is 34.1 Å². The third-order valence-corrected chi connectivity index (χ3v) is 9.52. The molecule has 0 fully saturated rings. The molecule has 0 spiro atoms. The maximum Gasteiger partial charge on any atom is 0.224 e. The molecule has 1 unspecified atom stereocenters. The Morgan fingerprint density at radius 2 is 1.81 bits per heavy atom. The number of hydrogen-bond acceptors (Lipinski definition) is 9. The molecule has 48 heavy (non-hydrogen) atoms. The van der Waals surface area contributed by atoms with E-state index in [9.17, 15) is 14.4 Å². The van der Waals surface area contributed by atoms with E-state index >= 15 is 0 Å². The number of carbonyl (C=O) groups excluding carboxylic acids is 2. The number of amides is 2. The van der Waals surface area contributed by atoms with Crippen LogP contribution in [-0.2, 0) is 28.9 Å². The highest BCUT2D eigenvalue weighted by Gasteiger charge is 2.31. The third-order valence-electron chi connectivity index (χ3n) is 8.50. The van der Waals surface area contributed by atoms with Gasteiger partial charge in [0.05, 0.1) is 38.8 Å². The van der Waals surface area contributed by atoms with Crippen LogP contribution in [0.4, 0.5) is 0 Å². The smallest absolute Gasteiger partial charge is 0.224 e. The van der Waals surface area contributed by atoms with Gasteiger partial charge in [0.1, 0.15) is 5.76 Å². The van der Waals surface area contributed by atoms with Crippen LogP contribution in [0.1, 0.15) is 46.8 Å². The van der Waals surface area contributed by atoms with Gasteiger partial charge >= 0.3 is 0 Å². The fourth-order valence-electron chi connectivity index (χ4n) is 6.43. The van der Waals surface area contributed by atoms with Crippen molar-refractivity contribution in [1.29, 1.82) is 0 Å². The monoisotopic (exact) mass is 667 g/mol. The highest BCUT2D eigenvalue weighted by atomic mass is 32.1. The second kappa shape index (κ2) is 13.9. The van der Waals surface area contributed by atoms with E-state index in [1.54, 1.807) is 25.6 Å². The van der Waals surface area contributed by atoms with E-state index in [1.807, 2.05) is 54.8 Å². The lowest BCUT2D eigenvalue weighted by Crippen LogP contribution is -2.27. The van der Waals surface area contributed by atoms with Gasteiger partial charge in [-0.25, -0.2) is 4.98 Å². The quantitative estimate of drug-likeness (QED) is 0.187. The molecule has 11 heteroatoms. The number of ether oxygens (including phenoxy) is 3. The average molecular weight is 668 g/mol. The summed E-state index contributed by atoms with van der Waals surface area (Å²) in [5.41, 5.74) is 4.90. The van der Waals surface area contributed by atoms with Gasteiger partial charge in [0.2, 0.25) is 23.0 Å². The standard InChI is InChI=1S/C37H37N3O7S/c1-20-19-48-32(39-20)13-14-38-31(43)18-27-26-16-25-24(17-29(42)35(26)47-34(27)22-9-7-6-8-10-22)28(40-21(2)41)12-11-23-15-30(44-3)36(45-4)37(46-5)33(23)25/h6-10,15-17,19,28H,11-14,18H2,1-5H3,(H,38,43)(H,40,41). The van der Waals surface area contributed by atoms with Crippen molar-refractivity contribution in [2.45, 2.75) is 45.6 Å². The first-order valence-corrected chi connectivity index (χ1v) is 16.6. The summed E-state index contributed by atoms with van der Waals surface area (Å²) in [6, 6.07) is 14.3. The van der Waals surface area contributed by atoms with Gasteiger partial charge < -0.3 is 29.3 Å². The normalized spacial score (nSPS) is 13.6. The summed E-state index contributed by atoms with van der Waals surface area (Å²) in [5.74, 6) is 1.35. The van der Waals surface area contributed by atoms with Gasteiger partial charge in [-0.2, -0.15) is 0 Å². The van der Waals surface area contributed by atoms with Crippen molar-refractivity contribution in [3.63, 3.8) is 0 Å². The van der Waals surface area contributed by atoms with E-state index in [1.165, 1.54) is 20.1 Å². The molecule has 5 aromatic rings. The van der Waals surface area contributed by atoms with Crippen molar-refractivity contribution in [2.75, 3.05) is 27.9 Å². The summed E-state index contributed by atoms with van der Waals surface area (Å²) in [6.45, 7) is 3.82. The molecule has 248 valence electrons. The lowest BCUT2D eigenvalue weighted by molar-refractivity contribution is -0.121. The molecular weight excluding hydrogens is 630 g/mol. The Hall–Kier alpha value is -5.16. The average Bonchev–Trinajstić information content (AvgIpc) is 3.58. The van der Waals surface area contributed by atoms with E-state index in [-0.39, 0.29) is 29.2 Å². The molecule has 0 saturated carbocycles. The van der Waals surface area contributed by atoms with Crippen LogP contribution < -0.4 is 30.3 Å². The fourth-order valence-corrected chi connectivity index (χ4v) is 7.20. The Morgan fingerprint density at radius 3 is 2.48 bits per heavy atom. The minimum atomic E-state index is -0.481. The van der Waals surface area contributed by atoms with Gasteiger partial charge in [-0.3, -0.25) is 14.4 Å². The van der Waals surface area contributed by atoms with E-state index in [2.05, 4.69) is 15.6 Å². The van der Waals surface area contributed by atoms with Crippen molar-refractivity contribution in [3.05, 3.63) is 91.5 Å². The van der Waals surface area contributed by atoms with E-state index < -0.39 is 6.04 Å². The zero-order valence-corrected chi connectivity index (χ0v) is 28.3. The van der Waals surface area contributed by atoms with Crippen molar-refractivity contribution in [3.8, 4) is 39.7 Å². The second-order valence-corrected chi connectivity index (χ2v) is 12.6. The molecule has 10 nitrogen and oxygen atoms in total. The van der Waals surface area contributed by atoms with Crippen molar-refractivity contribution < 1.29 is 28.2 Å². The first-order chi connectivity index (χ1) is 23.2. The van der Waals surface area contributed by atoms with Gasteiger partial charge in [-0.05, 0) is 54.7 Å². The van der Waals surface area contributed by atoms with E-state index in [0.29, 0.717) is 76.5 Å². The number of carbonyl (C=O) groups is 2. The minimum absolute atomic E-state index is 0.0304. The van der Waals surface area contributed by atoms with Gasteiger partial charge in [0, 0.05) is 53.0 Å². The second-order valence-electron chi connectivity index (χ2n) is 11.7. The van der Waals surface area contributed by atoms with E-state index in [0.717, 1.165) is 21.8 Å². The number of nitrogens with one attached hydrogen (secondary N) is 2. The number of nitrogens with zero attached hydrogens (tertiary/aromatic N) is 1. The lowest BCUT2D eigenvalue weighted by atomic mass is 9.94. The van der Waals surface area contributed by atoms with Crippen LogP contribution in [0, 0.1) is 6.92 Å². The molecule has 6 rings (SSSR count). The largest absolute Gasteiger partial charge is 0.493 e. The van der Waals surface area contributed by atoms with Crippen LogP contribution in [0.5, 0.6) is 17.2 Å². The van der Waals surface area contributed by atoms with Crippen LogP contribution in [0.15, 0.2) is 63.1 Å². The SMILES string of the molecule is COc1cc2c(c(OC)c1OC)-c1cc3c(CC(=O)NCCc4nc(C)cs4)c(-c4ccccc4)oc3c(=O)cc1C(NC(C)=O)CC2. The topological polar surface area (TPSA) is 129 Å². The predicted octanol–water partition coefficient (Wildman–Crippen LogP) is 5.94. The zero-order chi connectivity index (χ0) is 33.9. The Bertz CT molecular complexity index is 2070. The Morgan fingerprint density at radius 1 is 1.04 bits per heavy atom. The van der Waals surface area contributed by atoms with Crippen LogP contribution in [-0.4, -0.2) is 44.7 Å². The van der Waals surface area contributed by atoms with Crippen LogP contribution in [0.25, 0.3) is 33.4 Å². The number of thiazole rings is 1. The molecule has 0 aliphatic heterocycles. The number of fused-ring (bicyclic) bond motifs is 4. The number of benzene rings is 2. The molecule has 0 bridgehead atoms. The molecule has 1 aliphatic rings. The van der Waals surface area contributed by atoms with Crippen LogP contribution in [0.2, 0.25) is 0 Å². The van der Waals surface area contributed by atoms with E-state index in [4.69, 9.17) is 18.6 Å². The Balaban J connectivity index is 1.58. The molecule has 2 heterocycles. The Kier molecular flexibility index (Phi) is 9.49. The maximum atomic E-state index is 14.1. The van der Waals surface area contributed by atoms with Crippen molar-refractivity contribution in [2.24, 2.45) is 0 Å². The van der Waals surface area contributed by atoms with Gasteiger partial charge in [-0.1, -0.05) is 30.3 Å². The fraction of sp³-hybridized carbons (Fsp3) is 0.297. The number of rotatable bonds is 10. The molecule has 1 atom stereocenters. The number of furan rings is 1. The van der Waals surface area contributed by atoms with Crippen LogP contribution >= 0.6 is 11.3 Å². The molecule has 2 N–H and O–H groups in total. The number of methoxy groups -OCH3 is 3. The summed E-state index contributed by atoms with van der Waals surface area (Å²) in [6.07, 6.45) is 1.66. The first kappa shape index (κ1) is 32.8. The summed E-state index contributed by atoms with van der Waals surface area (Å²) >= 11 is 1.56. The first-order valence-electron chi connectivity index (χ1n) is 15.7. The molecule has 2 aromatic heterocycles. The molecule has 0 saturated heterocycles. The third kappa shape index (κ3) is 6.37. The summed E-state index contributed by atoms with van der Waals surface area (Å²) < 4.78 is 23.8. The summed E-state index contributed by atoms with van der Waals surface area (Å²) in [5, 5.41) is 9.49. The highest BCUT2D eigenvalue weighted by Crippen LogP contribution is 2.51. The molecule has 3 aromatic carbocycles. The minimum Gasteiger partial charge on any atom is -0.493 e.